The summed E-state index contributed by atoms with van der Waals surface area (Å²) in [6, 6.07) is 8.40. The maximum atomic E-state index is 15.5. The summed E-state index contributed by atoms with van der Waals surface area (Å²) in [7, 11) is -2.45. The number of benzene rings is 3. The Morgan fingerprint density at radius 3 is 2.41 bits per heavy atom. The maximum Gasteiger partial charge on any atom is 0.293 e. The SMILES string of the molecule is CC(C)[C@H](C)Oc1ccc2c(=O)n(-c3ccc(Cl)c4c(NS(C)(=O)=O)nn(C)c34)c([C@H](Cc3cc(F)cc(F)c3)NC(=O)Cn3nc(C(F)F)c4c3C(F)(F)[C@H]3C[C@@H]43)nc2c1. The number of carbonyl (C=O) groups is 1. The van der Waals surface area contributed by atoms with Crippen molar-refractivity contribution in [2.75, 3.05) is 11.0 Å². The van der Waals surface area contributed by atoms with Crippen molar-refractivity contribution in [3.8, 4) is 11.4 Å². The average Bonchev–Trinajstić information content (AvgIpc) is 3.69. The first-order valence-corrected chi connectivity index (χ1v) is 21.3. The Balaban J connectivity index is 1.34. The van der Waals surface area contributed by atoms with Crippen molar-refractivity contribution in [2.24, 2.45) is 18.9 Å². The quantitative estimate of drug-likeness (QED) is 0.114. The van der Waals surface area contributed by atoms with E-state index in [1.807, 2.05) is 20.8 Å². The zero-order valence-corrected chi connectivity index (χ0v) is 34.6. The molecule has 1 saturated carbocycles. The molecule has 6 aromatic rings. The molecule has 1 amide bonds. The van der Waals surface area contributed by atoms with Gasteiger partial charge in [-0.2, -0.15) is 19.0 Å². The molecule has 322 valence electrons. The third kappa shape index (κ3) is 7.68. The fourth-order valence-corrected chi connectivity index (χ4v) is 8.72. The highest BCUT2D eigenvalue weighted by molar-refractivity contribution is 7.92. The first kappa shape index (κ1) is 42.1. The van der Waals surface area contributed by atoms with Gasteiger partial charge in [-0.1, -0.05) is 25.4 Å². The van der Waals surface area contributed by atoms with Crippen molar-refractivity contribution in [1.82, 2.24) is 34.4 Å². The topological polar surface area (TPSA) is 155 Å². The van der Waals surface area contributed by atoms with Crippen molar-refractivity contribution in [3.05, 3.63) is 104 Å². The minimum atomic E-state index is -3.90. The number of rotatable bonds is 13. The Morgan fingerprint density at radius 2 is 1.75 bits per heavy atom. The number of nitrogens with zero attached hydrogens (tertiary/aromatic N) is 6. The van der Waals surface area contributed by atoms with Crippen LogP contribution in [-0.4, -0.2) is 55.8 Å². The van der Waals surface area contributed by atoms with Crippen LogP contribution in [-0.2, 0) is 40.8 Å². The summed E-state index contributed by atoms with van der Waals surface area (Å²) < 4.78 is 125. The van der Waals surface area contributed by atoms with Crippen LogP contribution in [0.15, 0.2) is 53.3 Å². The molecule has 3 aromatic heterocycles. The van der Waals surface area contributed by atoms with Crippen LogP contribution in [0, 0.1) is 23.5 Å². The van der Waals surface area contributed by atoms with Crippen molar-refractivity contribution >= 4 is 55.2 Å². The molecular formula is C40H37ClF6N8O5S. The smallest absolute Gasteiger partial charge is 0.293 e. The van der Waals surface area contributed by atoms with E-state index in [2.05, 4.69) is 20.2 Å². The van der Waals surface area contributed by atoms with Gasteiger partial charge in [0, 0.05) is 37.1 Å². The van der Waals surface area contributed by atoms with Crippen LogP contribution < -0.4 is 20.3 Å². The molecule has 0 spiro atoms. The molecule has 4 atom stereocenters. The number of anilines is 1. The number of alkyl halides is 4. The molecule has 2 aliphatic carbocycles. The normalized spacial score (nSPS) is 17.8. The predicted molar refractivity (Wildman–Crippen MR) is 213 cm³/mol. The number of carbonyl (C=O) groups excluding carboxylic acids is 1. The van der Waals surface area contributed by atoms with Crippen molar-refractivity contribution < 1.29 is 44.3 Å². The standard InChI is InChI=1S/C40H37ClF6N8O5S/c1-17(2)18(3)60-22-6-7-23-27(14-22)49-38(55(39(23)57)29-9-8-26(41)32-34(29)53(4)51-37(32)52-61(5,58)59)28(12-19-10-20(42)13-21(43)11-19)48-30(56)16-54-35-31(33(50-54)36(44)45)24-15-25(24)40(35,46)47/h6-11,13-14,17-18,24-25,28,36H,12,15-16H2,1-5H3,(H,48,56)(H,51,52)/t18-,24+,25-,28-/m0/s1. The first-order valence-electron chi connectivity index (χ1n) is 19.0. The van der Waals surface area contributed by atoms with E-state index in [1.54, 1.807) is 6.07 Å². The van der Waals surface area contributed by atoms with Crippen LogP contribution >= 0.6 is 11.6 Å². The highest BCUT2D eigenvalue weighted by Crippen LogP contribution is 2.68. The number of fused-ring (bicyclic) bond motifs is 5. The number of hydrogen-bond acceptors (Lipinski definition) is 8. The summed E-state index contributed by atoms with van der Waals surface area (Å²) >= 11 is 6.62. The molecule has 0 saturated heterocycles. The number of amides is 1. The van der Waals surface area contributed by atoms with Crippen molar-refractivity contribution in [2.45, 2.75) is 70.6 Å². The van der Waals surface area contributed by atoms with E-state index in [0.29, 0.717) is 16.5 Å². The number of aromatic nitrogens is 6. The van der Waals surface area contributed by atoms with E-state index in [0.717, 1.165) is 23.0 Å². The zero-order valence-electron chi connectivity index (χ0n) is 33.0. The zero-order chi connectivity index (χ0) is 44.0. The first-order chi connectivity index (χ1) is 28.6. The molecule has 0 radical (unpaired) electrons. The fraction of sp³-hybridized carbons (Fsp3) is 0.375. The van der Waals surface area contributed by atoms with Gasteiger partial charge in [0.05, 0.1) is 50.9 Å². The fourth-order valence-electron chi connectivity index (χ4n) is 7.98. The van der Waals surface area contributed by atoms with Gasteiger partial charge in [-0.25, -0.2) is 31.0 Å². The van der Waals surface area contributed by atoms with Crippen LogP contribution in [0.5, 0.6) is 5.75 Å². The molecular weight excluding hydrogens is 854 g/mol. The van der Waals surface area contributed by atoms with Gasteiger partial charge in [-0.3, -0.25) is 28.2 Å². The summed E-state index contributed by atoms with van der Waals surface area (Å²) in [5.41, 5.74) is -2.48. The number of nitrogens with one attached hydrogen (secondary N) is 2. The average molecular weight is 891 g/mol. The lowest BCUT2D eigenvalue weighted by Crippen LogP contribution is -2.38. The monoisotopic (exact) mass is 890 g/mol. The predicted octanol–water partition coefficient (Wildman–Crippen LogP) is 7.44. The number of ether oxygens (including phenoxy) is 1. The van der Waals surface area contributed by atoms with E-state index < -0.39 is 87.7 Å². The Kier molecular flexibility index (Phi) is 10.4. The van der Waals surface area contributed by atoms with Gasteiger partial charge in [0.25, 0.3) is 17.9 Å². The molecule has 21 heteroatoms. The number of sulfonamides is 1. The highest BCUT2D eigenvalue weighted by Gasteiger charge is 2.67. The van der Waals surface area contributed by atoms with Crippen LogP contribution in [0.1, 0.15) is 73.9 Å². The van der Waals surface area contributed by atoms with Crippen LogP contribution in [0.4, 0.5) is 32.2 Å². The lowest BCUT2D eigenvalue weighted by atomic mass is 10.0. The van der Waals surface area contributed by atoms with Crippen LogP contribution in [0.3, 0.4) is 0 Å². The van der Waals surface area contributed by atoms with Gasteiger partial charge in [0.2, 0.25) is 15.9 Å². The van der Waals surface area contributed by atoms with E-state index in [9.17, 15) is 35.6 Å². The molecule has 2 aliphatic rings. The molecule has 61 heavy (non-hydrogen) atoms. The van der Waals surface area contributed by atoms with Gasteiger partial charge in [-0.15, -0.1) is 0 Å². The minimum Gasteiger partial charge on any atom is -0.490 e. The number of halogens is 7. The molecule has 13 nitrogen and oxygen atoms in total. The molecule has 1 fully saturated rings. The molecule has 0 aliphatic heterocycles. The summed E-state index contributed by atoms with van der Waals surface area (Å²) in [6.45, 7) is 4.76. The molecule has 2 N–H and O–H groups in total. The van der Waals surface area contributed by atoms with E-state index in [1.165, 1.54) is 36.0 Å². The molecule has 8 rings (SSSR count). The Bertz CT molecular complexity index is 2930. The number of aryl methyl sites for hydroxylation is 1. The third-order valence-electron chi connectivity index (χ3n) is 11.0. The second-order valence-corrected chi connectivity index (χ2v) is 17.9. The van der Waals surface area contributed by atoms with Gasteiger partial charge in [0.1, 0.15) is 41.1 Å². The Labute approximate surface area is 348 Å². The van der Waals surface area contributed by atoms with Crippen LogP contribution in [0.25, 0.3) is 27.5 Å². The van der Waals surface area contributed by atoms with Gasteiger partial charge >= 0.3 is 0 Å². The lowest BCUT2D eigenvalue weighted by Gasteiger charge is -2.24. The lowest BCUT2D eigenvalue weighted by molar-refractivity contribution is -0.123. The van der Waals surface area contributed by atoms with E-state index >= 15 is 8.78 Å². The summed E-state index contributed by atoms with van der Waals surface area (Å²) in [4.78, 5) is 33.9. The second-order valence-electron chi connectivity index (χ2n) is 15.8. The largest absolute Gasteiger partial charge is 0.490 e. The van der Waals surface area contributed by atoms with Gasteiger partial charge in [0.15, 0.2) is 5.82 Å². The molecule has 3 aromatic carbocycles. The van der Waals surface area contributed by atoms with Crippen molar-refractivity contribution in [3.63, 3.8) is 0 Å². The molecule has 3 heterocycles. The Morgan fingerprint density at radius 1 is 1.05 bits per heavy atom. The third-order valence-corrected chi connectivity index (χ3v) is 11.9. The molecule has 0 unspecified atom stereocenters. The summed E-state index contributed by atoms with van der Waals surface area (Å²) in [6.07, 6.45) is -3.03. The summed E-state index contributed by atoms with van der Waals surface area (Å²) in [5, 5.41) is 10.9. The second kappa shape index (κ2) is 15.1. The van der Waals surface area contributed by atoms with E-state index in [-0.39, 0.29) is 73.7 Å². The minimum absolute atomic E-state index is 0.00137. The van der Waals surface area contributed by atoms with Crippen molar-refractivity contribution in [1.29, 1.82) is 0 Å². The maximum absolute atomic E-state index is 15.5. The van der Waals surface area contributed by atoms with E-state index in [4.69, 9.17) is 21.3 Å². The highest BCUT2D eigenvalue weighted by atomic mass is 35.5. The van der Waals surface area contributed by atoms with Gasteiger partial charge < -0.3 is 10.1 Å². The Hall–Kier alpha value is -5.63. The summed E-state index contributed by atoms with van der Waals surface area (Å²) in [5.74, 6) is -8.58. The van der Waals surface area contributed by atoms with Gasteiger partial charge in [-0.05, 0) is 67.1 Å². The number of hydrogen-bond donors (Lipinski definition) is 2. The molecule has 0 bridgehead atoms. The van der Waals surface area contributed by atoms with Crippen LogP contribution in [0.2, 0.25) is 5.02 Å².